The lowest BCUT2D eigenvalue weighted by Crippen LogP contribution is -2.39. The average Bonchev–Trinajstić information content (AvgIpc) is 3.18. The number of aliphatic hydroxyl groups excluding tert-OH is 1. The van der Waals surface area contributed by atoms with Crippen LogP contribution in [0.15, 0.2) is 53.7 Å². The number of thiophene rings is 1. The van der Waals surface area contributed by atoms with Gasteiger partial charge in [-0.3, -0.25) is 9.79 Å². The molecule has 2 heterocycles. The van der Waals surface area contributed by atoms with Crippen molar-refractivity contribution in [1.29, 1.82) is 0 Å². The van der Waals surface area contributed by atoms with Crippen molar-refractivity contribution in [3.63, 3.8) is 0 Å². The van der Waals surface area contributed by atoms with Gasteiger partial charge in [-0.15, -0.1) is 35.3 Å². The Labute approximate surface area is 203 Å². The van der Waals surface area contributed by atoms with E-state index in [4.69, 9.17) is 0 Å². The highest BCUT2D eigenvalue weighted by atomic mass is 127. The van der Waals surface area contributed by atoms with Crippen molar-refractivity contribution >= 4 is 63.1 Å². The van der Waals surface area contributed by atoms with Crippen LogP contribution in [-0.2, 0) is 4.79 Å². The number of aryl methyl sites for hydroxylation is 1. The molecule has 166 valence electrons. The molecule has 31 heavy (non-hydrogen) atoms. The number of halogens is 1. The minimum atomic E-state index is -0.672. The predicted octanol–water partition coefficient (Wildman–Crippen LogP) is 3.84. The minimum Gasteiger partial charge on any atom is -0.386 e. The number of nitrogens with one attached hydrogen (secondary N) is 3. The molecule has 9 heteroatoms. The summed E-state index contributed by atoms with van der Waals surface area (Å²) in [6, 6.07) is 13.7. The zero-order valence-corrected chi connectivity index (χ0v) is 20.7. The molecule has 7 nitrogen and oxygen atoms in total. The molecule has 0 aliphatic rings. The van der Waals surface area contributed by atoms with Crippen molar-refractivity contribution in [2.45, 2.75) is 26.4 Å². The SMILES string of the molecule is CCNC(=NCC(O)c1cc2ccccc2s1)NCCC(=O)Nc1ccc(C)cn1.I. The zero-order valence-electron chi connectivity index (χ0n) is 17.6. The molecule has 1 atom stereocenters. The third-order valence-corrected chi connectivity index (χ3v) is 5.58. The highest BCUT2D eigenvalue weighted by molar-refractivity contribution is 14.0. The summed E-state index contributed by atoms with van der Waals surface area (Å²) >= 11 is 1.57. The van der Waals surface area contributed by atoms with Crippen molar-refractivity contribution < 1.29 is 9.90 Å². The first-order chi connectivity index (χ1) is 14.5. The number of aromatic nitrogens is 1. The van der Waals surface area contributed by atoms with Crippen LogP contribution in [-0.4, -0.2) is 41.6 Å². The molecule has 3 rings (SSSR count). The summed E-state index contributed by atoms with van der Waals surface area (Å²) in [6.07, 6.45) is 1.32. The van der Waals surface area contributed by atoms with Gasteiger partial charge in [0, 0.05) is 35.3 Å². The Morgan fingerprint density at radius 3 is 2.74 bits per heavy atom. The lowest BCUT2D eigenvalue weighted by Gasteiger charge is -2.12. The summed E-state index contributed by atoms with van der Waals surface area (Å²) in [6.45, 7) is 5.26. The van der Waals surface area contributed by atoms with Crippen LogP contribution in [0.25, 0.3) is 10.1 Å². The van der Waals surface area contributed by atoms with Crippen LogP contribution in [0, 0.1) is 6.92 Å². The Bertz CT molecular complexity index is 974. The maximum absolute atomic E-state index is 12.1. The van der Waals surface area contributed by atoms with E-state index in [0.717, 1.165) is 20.5 Å². The number of guanidine groups is 1. The fourth-order valence-electron chi connectivity index (χ4n) is 2.82. The molecule has 0 fully saturated rings. The first-order valence-electron chi connectivity index (χ1n) is 9.96. The molecule has 1 unspecified atom stereocenters. The van der Waals surface area contributed by atoms with Crippen LogP contribution >= 0.6 is 35.3 Å². The summed E-state index contributed by atoms with van der Waals surface area (Å²) < 4.78 is 1.15. The van der Waals surface area contributed by atoms with Crippen molar-refractivity contribution in [3.05, 3.63) is 59.1 Å². The Hall–Kier alpha value is -2.24. The molecule has 0 radical (unpaired) electrons. The Balaban J connectivity index is 0.00000341. The minimum absolute atomic E-state index is 0. The van der Waals surface area contributed by atoms with E-state index in [1.807, 2.05) is 50.2 Å². The van der Waals surface area contributed by atoms with E-state index >= 15 is 0 Å². The highest BCUT2D eigenvalue weighted by Gasteiger charge is 2.11. The number of hydrogen-bond acceptors (Lipinski definition) is 5. The number of nitrogens with zero attached hydrogens (tertiary/aromatic N) is 2. The molecule has 2 aromatic heterocycles. The second-order valence-electron chi connectivity index (χ2n) is 6.87. The smallest absolute Gasteiger partial charge is 0.227 e. The fourth-order valence-corrected chi connectivity index (χ4v) is 3.86. The number of aliphatic hydroxyl groups is 1. The van der Waals surface area contributed by atoms with Crippen LogP contribution < -0.4 is 16.0 Å². The van der Waals surface area contributed by atoms with Crippen LogP contribution in [0.4, 0.5) is 5.82 Å². The van der Waals surface area contributed by atoms with E-state index in [-0.39, 0.29) is 42.8 Å². The predicted molar refractivity (Wildman–Crippen MR) is 138 cm³/mol. The number of carbonyl (C=O) groups is 1. The number of fused-ring (bicyclic) bond motifs is 1. The first-order valence-corrected chi connectivity index (χ1v) is 10.8. The molecule has 3 aromatic rings. The lowest BCUT2D eigenvalue weighted by molar-refractivity contribution is -0.116. The number of anilines is 1. The van der Waals surface area contributed by atoms with Crippen molar-refractivity contribution in [2.24, 2.45) is 4.99 Å². The number of benzene rings is 1. The standard InChI is InChI=1S/C22H27N5O2S.HI/c1-3-23-22(24-11-10-21(29)27-20-9-8-15(2)13-25-20)26-14-17(28)19-12-16-6-4-5-7-18(16)30-19;/h4-9,12-13,17,28H,3,10-11,14H2,1-2H3,(H2,23,24,26)(H,25,27,29);1H. The second kappa shape index (κ2) is 12.6. The summed E-state index contributed by atoms with van der Waals surface area (Å²) in [7, 11) is 0. The quantitative estimate of drug-likeness (QED) is 0.193. The van der Waals surface area contributed by atoms with Crippen LogP contribution in [0.5, 0.6) is 0 Å². The average molecular weight is 553 g/mol. The van der Waals surface area contributed by atoms with E-state index < -0.39 is 6.10 Å². The van der Waals surface area contributed by atoms with Gasteiger partial charge in [0.1, 0.15) is 11.9 Å². The molecule has 1 aromatic carbocycles. The maximum atomic E-state index is 12.1. The molecule has 0 aliphatic carbocycles. The highest BCUT2D eigenvalue weighted by Crippen LogP contribution is 2.29. The Kier molecular flexibility index (Phi) is 10.2. The molecular formula is C22H28IN5O2S. The van der Waals surface area contributed by atoms with E-state index in [9.17, 15) is 9.90 Å². The van der Waals surface area contributed by atoms with Gasteiger partial charge in [-0.25, -0.2) is 4.98 Å². The van der Waals surface area contributed by atoms with E-state index in [2.05, 4.69) is 25.9 Å². The van der Waals surface area contributed by atoms with Gasteiger partial charge in [0.2, 0.25) is 5.91 Å². The van der Waals surface area contributed by atoms with Gasteiger partial charge < -0.3 is 21.1 Å². The summed E-state index contributed by atoms with van der Waals surface area (Å²) in [5.74, 6) is 0.983. The van der Waals surface area contributed by atoms with E-state index in [1.165, 1.54) is 0 Å². The van der Waals surface area contributed by atoms with Crippen molar-refractivity contribution in [1.82, 2.24) is 15.6 Å². The molecule has 0 aliphatic heterocycles. The number of rotatable bonds is 8. The van der Waals surface area contributed by atoms with Crippen LogP contribution in [0.1, 0.15) is 29.9 Å². The summed E-state index contributed by atoms with van der Waals surface area (Å²) in [5, 5.41) is 20.7. The lowest BCUT2D eigenvalue weighted by atomic mass is 10.2. The van der Waals surface area contributed by atoms with Gasteiger partial charge in [-0.05, 0) is 43.0 Å². The Morgan fingerprint density at radius 2 is 2.03 bits per heavy atom. The molecule has 0 bridgehead atoms. The first kappa shape index (κ1) is 25.0. The molecule has 4 N–H and O–H groups in total. The topological polar surface area (TPSA) is 98.6 Å². The molecular weight excluding hydrogens is 525 g/mol. The summed E-state index contributed by atoms with van der Waals surface area (Å²) in [4.78, 5) is 21.6. The monoisotopic (exact) mass is 553 g/mol. The van der Waals surface area contributed by atoms with Crippen molar-refractivity contribution in [2.75, 3.05) is 25.0 Å². The van der Waals surface area contributed by atoms with Crippen molar-refractivity contribution in [3.8, 4) is 0 Å². The molecule has 0 saturated heterocycles. The van der Waals surface area contributed by atoms with Gasteiger partial charge in [0.15, 0.2) is 5.96 Å². The number of pyridine rings is 1. The molecule has 0 spiro atoms. The third kappa shape index (κ3) is 7.75. The maximum Gasteiger partial charge on any atom is 0.227 e. The normalized spacial score (nSPS) is 12.2. The van der Waals surface area contributed by atoms with E-state index in [0.29, 0.717) is 24.9 Å². The van der Waals surface area contributed by atoms with Gasteiger partial charge in [-0.2, -0.15) is 0 Å². The number of amides is 1. The van der Waals surface area contributed by atoms with Gasteiger partial charge in [0.05, 0.1) is 6.54 Å². The molecule has 0 saturated carbocycles. The second-order valence-corrected chi connectivity index (χ2v) is 7.98. The fraction of sp³-hybridized carbons (Fsp3) is 0.318. The van der Waals surface area contributed by atoms with Gasteiger partial charge >= 0.3 is 0 Å². The van der Waals surface area contributed by atoms with Gasteiger partial charge in [-0.1, -0.05) is 24.3 Å². The Morgan fingerprint density at radius 1 is 1.23 bits per heavy atom. The zero-order chi connectivity index (χ0) is 21.3. The van der Waals surface area contributed by atoms with Crippen LogP contribution in [0.3, 0.4) is 0 Å². The number of hydrogen-bond donors (Lipinski definition) is 4. The number of carbonyl (C=O) groups excluding carboxylic acids is 1. The van der Waals surface area contributed by atoms with Gasteiger partial charge in [0.25, 0.3) is 0 Å². The largest absolute Gasteiger partial charge is 0.386 e. The number of aliphatic imine (C=N–C) groups is 1. The van der Waals surface area contributed by atoms with Crippen LogP contribution in [0.2, 0.25) is 0 Å². The summed E-state index contributed by atoms with van der Waals surface area (Å²) in [5.41, 5.74) is 1.04. The molecule has 1 amide bonds. The van der Waals surface area contributed by atoms with E-state index in [1.54, 1.807) is 23.6 Å². The third-order valence-electron chi connectivity index (χ3n) is 4.36.